The van der Waals surface area contributed by atoms with Crippen LogP contribution in [0.25, 0.3) is 0 Å². The molecule has 0 aromatic carbocycles. The van der Waals surface area contributed by atoms with E-state index >= 15 is 0 Å². The maximum atomic E-state index is 11.7. The Labute approximate surface area is 156 Å². The van der Waals surface area contributed by atoms with Crippen molar-refractivity contribution in [2.75, 3.05) is 6.61 Å². The minimum absolute atomic E-state index is 0.0269. The van der Waals surface area contributed by atoms with Crippen LogP contribution in [0.4, 0.5) is 0 Å². The predicted molar refractivity (Wildman–Crippen MR) is 100 cm³/mol. The maximum absolute atomic E-state index is 11.7. The Hall–Kier alpha value is -1.55. The van der Waals surface area contributed by atoms with E-state index in [1.807, 2.05) is 12.3 Å². The van der Waals surface area contributed by atoms with E-state index in [-0.39, 0.29) is 35.4 Å². The standard InChI is InChI=1S/C22H32O4/c1-15-19(26-16(2)24)12-22(4)18(13-23)6-5-7-20(22)21(15,3)10-8-17-9-11-25-14-17/h6,9,11,14-15,19-20,23H,5,7-8,10,12-13H2,1-4H3. The first-order valence-electron chi connectivity index (χ1n) is 9.80. The molecule has 1 heterocycles. The van der Waals surface area contributed by atoms with E-state index in [1.165, 1.54) is 12.5 Å². The van der Waals surface area contributed by atoms with Crippen LogP contribution in [0.2, 0.25) is 0 Å². The molecular weight excluding hydrogens is 328 g/mol. The van der Waals surface area contributed by atoms with Crippen LogP contribution in [0.1, 0.15) is 58.9 Å². The molecule has 1 fully saturated rings. The topological polar surface area (TPSA) is 59.7 Å². The molecule has 144 valence electrons. The molecule has 2 aliphatic rings. The fraction of sp³-hybridized carbons (Fsp3) is 0.682. The first-order chi connectivity index (χ1) is 12.3. The molecule has 2 aliphatic carbocycles. The summed E-state index contributed by atoms with van der Waals surface area (Å²) in [5.41, 5.74) is 2.24. The lowest BCUT2D eigenvalue weighted by atomic mass is 9.46. The summed E-state index contributed by atoms with van der Waals surface area (Å²) in [6.07, 6.45) is 10.5. The van der Waals surface area contributed by atoms with Gasteiger partial charge in [0, 0.05) is 6.92 Å². The molecule has 1 aromatic rings. The minimum atomic E-state index is -0.216. The second kappa shape index (κ2) is 7.22. The summed E-state index contributed by atoms with van der Waals surface area (Å²) in [6, 6.07) is 2.03. The molecule has 4 nitrogen and oxygen atoms in total. The van der Waals surface area contributed by atoms with E-state index in [0.717, 1.165) is 37.7 Å². The van der Waals surface area contributed by atoms with Gasteiger partial charge in [-0.25, -0.2) is 0 Å². The molecule has 3 rings (SSSR count). The predicted octanol–water partition coefficient (Wildman–Crippen LogP) is 4.53. The highest BCUT2D eigenvalue weighted by molar-refractivity contribution is 5.66. The second-order valence-electron chi connectivity index (χ2n) is 8.71. The van der Waals surface area contributed by atoms with Crippen LogP contribution in [0.15, 0.2) is 34.7 Å². The highest BCUT2D eigenvalue weighted by Crippen LogP contribution is 2.62. The van der Waals surface area contributed by atoms with Crippen molar-refractivity contribution in [2.45, 2.75) is 65.9 Å². The molecule has 5 atom stereocenters. The molecule has 1 aromatic heterocycles. The van der Waals surface area contributed by atoms with Crippen molar-refractivity contribution < 1.29 is 19.1 Å². The van der Waals surface area contributed by atoms with Crippen molar-refractivity contribution in [3.05, 3.63) is 35.8 Å². The van der Waals surface area contributed by atoms with Gasteiger partial charge in [0.05, 0.1) is 19.1 Å². The molecule has 4 heteroatoms. The van der Waals surface area contributed by atoms with Crippen molar-refractivity contribution >= 4 is 5.97 Å². The third kappa shape index (κ3) is 3.24. The Balaban J connectivity index is 1.95. The number of ether oxygens (including phenoxy) is 1. The molecule has 0 saturated heterocycles. The molecule has 0 bridgehead atoms. The van der Waals surface area contributed by atoms with E-state index in [0.29, 0.717) is 5.92 Å². The summed E-state index contributed by atoms with van der Waals surface area (Å²) in [5.74, 6) is 0.525. The van der Waals surface area contributed by atoms with Gasteiger partial charge in [0.2, 0.25) is 0 Å². The van der Waals surface area contributed by atoms with Crippen LogP contribution in [-0.2, 0) is 16.0 Å². The smallest absolute Gasteiger partial charge is 0.302 e. The fourth-order valence-corrected chi connectivity index (χ4v) is 5.72. The average Bonchev–Trinajstić information content (AvgIpc) is 3.10. The monoisotopic (exact) mass is 360 g/mol. The van der Waals surface area contributed by atoms with Crippen LogP contribution >= 0.6 is 0 Å². The van der Waals surface area contributed by atoms with Gasteiger partial charge in [-0.1, -0.05) is 26.8 Å². The average molecular weight is 360 g/mol. The highest BCUT2D eigenvalue weighted by atomic mass is 16.5. The van der Waals surface area contributed by atoms with E-state index in [2.05, 4.69) is 26.8 Å². The van der Waals surface area contributed by atoms with E-state index < -0.39 is 0 Å². The van der Waals surface area contributed by atoms with Crippen LogP contribution < -0.4 is 0 Å². The lowest BCUT2D eigenvalue weighted by Gasteiger charge is -2.60. The molecule has 0 aliphatic heterocycles. The van der Waals surface area contributed by atoms with Gasteiger partial charge in [0.1, 0.15) is 6.10 Å². The number of esters is 1. The summed E-state index contributed by atoms with van der Waals surface area (Å²) in [6.45, 7) is 8.44. The van der Waals surface area contributed by atoms with Gasteiger partial charge in [-0.15, -0.1) is 0 Å². The number of aryl methyl sites for hydroxylation is 1. The molecule has 26 heavy (non-hydrogen) atoms. The third-order valence-electron chi connectivity index (χ3n) is 7.39. The maximum Gasteiger partial charge on any atom is 0.302 e. The van der Waals surface area contributed by atoms with Crippen LogP contribution in [0.3, 0.4) is 0 Å². The van der Waals surface area contributed by atoms with Crippen molar-refractivity contribution in [1.29, 1.82) is 0 Å². The zero-order valence-corrected chi connectivity index (χ0v) is 16.5. The molecule has 1 saturated carbocycles. The van der Waals surface area contributed by atoms with Crippen molar-refractivity contribution in [1.82, 2.24) is 0 Å². The summed E-state index contributed by atoms with van der Waals surface area (Å²) in [5, 5.41) is 9.99. The van der Waals surface area contributed by atoms with Gasteiger partial charge in [-0.2, -0.15) is 0 Å². The number of carbonyl (C=O) groups is 1. The van der Waals surface area contributed by atoms with Crippen molar-refractivity contribution in [3.63, 3.8) is 0 Å². The number of fused-ring (bicyclic) bond motifs is 1. The van der Waals surface area contributed by atoms with Crippen LogP contribution in [-0.4, -0.2) is 23.8 Å². The number of aliphatic hydroxyl groups is 1. The van der Waals surface area contributed by atoms with Gasteiger partial charge in [0.25, 0.3) is 0 Å². The normalized spacial score (nSPS) is 37.0. The zero-order chi connectivity index (χ0) is 18.9. The number of hydrogen-bond donors (Lipinski definition) is 1. The van der Waals surface area contributed by atoms with Gasteiger partial charge < -0.3 is 14.3 Å². The first kappa shape index (κ1) is 19.2. The molecule has 0 amide bonds. The number of allylic oxidation sites excluding steroid dienone is 1. The fourth-order valence-electron chi connectivity index (χ4n) is 5.72. The number of aliphatic hydroxyl groups excluding tert-OH is 1. The largest absolute Gasteiger partial charge is 0.472 e. The van der Waals surface area contributed by atoms with Gasteiger partial charge in [-0.3, -0.25) is 4.79 Å². The third-order valence-corrected chi connectivity index (χ3v) is 7.39. The van der Waals surface area contributed by atoms with E-state index in [9.17, 15) is 9.90 Å². The lowest BCUT2D eigenvalue weighted by molar-refractivity contribution is -0.170. The molecular formula is C22H32O4. The number of rotatable bonds is 5. The SMILES string of the molecule is CC(=O)OC1CC2(C)C(CO)=CCCC2C(C)(CCc2ccoc2)C1C. The summed E-state index contributed by atoms with van der Waals surface area (Å²) in [7, 11) is 0. The van der Waals surface area contributed by atoms with E-state index in [4.69, 9.17) is 9.15 Å². The van der Waals surface area contributed by atoms with Gasteiger partial charge in [0.15, 0.2) is 0 Å². The Morgan fingerprint density at radius 2 is 2.19 bits per heavy atom. The minimum Gasteiger partial charge on any atom is -0.472 e. The molecule has 0 spiro atoms. The first-order valence-corrected chi connectivity index (χ1v) is 9.80. The lowest BCUT2D eigenvalue weighted by Crippen LogP contribution is -2.56. The van der Waals surface area contributed by atoms with Crippen LogP contribution in [0, 0.1) is 22.7 Å². The number of carbonyl (C=O) groups excluding carboxylic acids is 1. The second-order valence-corrected chi connectivity index (χ2v) is 8.71. The Kier molecular flexibility index (Phi) is 5.34. The van der Waals surface area contributed by atoms with Crippen molar-refractivity contribution in [2.24, 2.45) is 22.7 Å². The Morgan fingerprint density at radius 3 is 2.81 bits per heavy atom. The van der Waals surface area contributed by atoms with E-state index in [1.54, 1.807) is 6.26 Å². The summed E-state index contributed by atoms with van der Waals surface area (Å²) in [4.78, 5) is 11.7. The molecule has 1 N–H and O–H groups in total. The summed E-state index contributed by atoms with van der Waals surface area (Å²) < 4.78 is 11.0. The summed E-state index contributed by atoms with van der Waals surface area (Å²) >= 11 is 0. The van der Waals surface area contributed by atoms with Crippen LogP contribution in [0.5, 0.6) is 0 Å². The number of hydrogen-bond acceptors (Lipinski definition) is 4. The Morgan fingerprint density at radius 1 is 1.42 bits per heavy atom. The quantitative estimate of drug-likeness (QED) is 0.619. The van der Waals surface area contributed by atoms with Gasteiger partial charge in [-0.05, 0) is 72.0 Å². The van der Waals surface area contributed by atoms with Gasteiger partial charge >= 0.3 is 5.97 Å². The molecule has 5 unspecified atom stereocenters. The molecule has 0 radical (unpaired) electrons. The van der Waals surface area contributed by atoms with Crippen molar-refractivity contribution in [3.8, 4) is 0 Å². The number of furan rings is 1. The highest BCUT2D eigenvalue weighted by Gasteiger charge is 2.57. The zero-order valence-electron chi connectivity index (χ0n) is 16.5. The Bertz CT molecular complexity index is 662.